The van der Waals surface area contributed by atoms with Crippen molar-refractivity contribution in [2.24, 2.45) is 0 Å². The lowest BCUT2D eigenvalue weighted by atomic mass is 10.2. The van der Waals surface area contributed by atoms with Gasteiger partial charge in [-0.1, -0.05) is 13.3 Å². The zero-order valence-electron chi connectivity index (χ0n) is 10.4. The molecule has 0 atom stereocenters. The SMILES string of the molecule is CCCCOCCNCCCCCOC. The van der Waals surface area contributed by atoms with Crippen LogP contribution in [0.5, 0.6) is 0 Å². The van der Waals surface area contributed by atoms with E-state index < -0.39 is 0 Å². The molecule has 0 unspecified atom stereocenters. The summed E-state index contributed by atoms with van der Waals surface area (Å²) in [5.41, 5.74) is 0. The normalized spacial score (nSPS) is 10.8. The molecule has 0 saturated carbocycles. The first-order chi connectivity index (χ1) is 7.41. The summed E-state index contributed by atoms with van der Waals surface area (Å²) in [5, 5.41) is 3.37. The molecular formula is C12H27NO2. The average molecular weight is 217 g/mol. The first-order valence-electron chi connectivity index (χ1n) is 6.19. The van der Waals surface area contributed by atoms with Gasteiger partial charge in [0.25, 0.3) is 0 Å². The van der Waals surface area contributed by atoms with Crippen LogP contribution in [0.25, 0.3) is 0 Å². The predicted molar refractivity (Wildman–Crippen MR) is 64.3 cm³/mol. The van der Waals surface area contributed by atoms with Gasteiger partial charge in [-0.15, -0.1) is 0 Å². The van der Waals surface area contributed by atoms with E-state index in [9.17, 15) is 0 Å². The minimum Gasteiger partial charge on any atom is -0.385 e. The highest BCUT2D eigenvalue weighted by Crippen LogP contribution is 1.93. The predicted octanol–water partition coefficient (Wildman–Crippen LogP) is 2.21. The molecule has 0 radical (unpaired) electrons. The molecular weight excluding hydrogens is 190 g/mol. The van der Waals surface area contributed by atoms with Crippen molar-refractivity contribution in [3.63, 3.8) is 0 Å². The Morgan fingerprint density at radius 3 is 2.47 bits per heavy atom. The van der Waals surface area contributed by atoms with Crippen LogP contribution in [-0.2, 0) is 9.47 Å². The number of ether oxygens (including phenoxy) is 2. The van der Waals surface area contributed by atoms with E-state index in [0.717, 1.165) is 32.9 Å². The van der Waals surface area contributed by atoms with Gasteiger partial charge in [0.15, 0.2) is 0 Å². The highest BCUT2D eigenvalue weighted by molar-refractivity contribution is 4.48. The van der Waals surface area contributed by atoms with Crippen molar-refractivity contribution < 1.29 is 9.47 Å². The Labute approximate surface area is 94.5 Å². The fraction of sp³-hybridized carbons (Fsp3) is 1.00. The van der Waals surface area contributed by atoms with Gasteiger partial charge in [-0.3, -0.25) is 0 Å². The van der Waals surface area contributed by atoms with Crippen LogP contribution in [0.3, 0.4) is 0 Å². The van der Waals surface area contributed by atoms with Crippen LogP contribution >= 0.6 is 0 Å². The lowest BCUT2D eigenvalue weighted by Crippen LogP contribution is -2.21. The van der Waals surface area contributed by atoms with Crippen molar-refractivity contribution in [3.05, 3.63) is 0 Å². The minimum absolute atomic E-state index is 0.845. The van der Waals surface area contributed by atoms with E-state index in [-0.39, 0.29) is 0 Å². The van der Waals surface area contributed by atoms with Crippen molar-refractivity contribution in [1.82, 2.24) is 5.32 Å². The van der Waals surface area contributed by atoms with Gasteiger partial charge >= 0.3 is 0 Å². The molecule has 0 aromatic rings. The maximum atomic E-state index is 5.44. The van der Waals surface area contributed by atoms with Gasteiger partial charge in [-0.2, -0.15) is 0 Å². The third-order valence-corrected chi connectivity index (χ3v) is 2.27. The van der Waals surface area contributed by atoms with Crippen LogP contribution in [-0.4, -0.2) is 40.0 Å². The van der Waals surface area contributed by atoms with E-state index in [1.54, 1.807) is 7.11 Å². The van der Waals surface area contributed by atoms with Crippen molar-refractivity contribution in [1.29, 1.82) is 0 Å². The number of hydrogen-bond donors (Lipinski definition) is 1. The summed E-state index contributed by atoms with van der Waals surface area (Å²) in [6, 6.07) is 0. The Morgan fingerprint density at radius 1 is 0.867 bits per heavy atom. The lowest BCUT2D eigenvalue weighted by Gasteiger charge is -2.05. The zero-order chi connectivity index (χ0) is 11.2. The van der Waals surface area contributed by atoms with E-state index in [2.05, 4.69) is 12.2 Å². The monoisotopic (exact) mass is 217 g/mol. The molecule has 0 aliphatic heterocycles. The van der Waals surface area contributed by atoms with Gasteiger partial charge in [-0.25, -0.2) is 0 Å². The van der Waals surface area contributed by atoms with Crippen molar-refractivity contribution in [2.75, 3.05) is 40.0 Å². The summed E-state index contributed by atoms with van der Waals surface area (Å²) in [6.07, 6.45) is 6.05. The summed E-state index contributed by atoms with van der Waals surface area (Å²) in [5.74, 6) is 0. The fourth-order valence-corrected chi connectivity index (χ4v) is 1.29. The second kappa shape index (κ2) is 13.9. The molecule has 15 heavy (non-hydrogen) atoms. The van der Waals surface area contributed by atoms with Crippen LogP contribution in [0.15, 0.2) is 0 Å². The second-order valence-electron chi connectivity index (χ2n) is 3.77. The summed E-state index contributed by atoms with van der Waals surface area (Å²) in [6.45, 7) is 6.90. The molecule has 3 heteroatoms. The highest BCUT2D eigenvalue weighted by atomic mass is 16.5. The minimum atomic E-state index is 0.845. The second-order valence-corrected chi connectivity index (χ2v) is 3.77. The Hall–Kier alpha value is -0.120. The molecule has 0 saturated heterocycles. The van der Waals surface area contributed by atoms with Gasteiger partial charge < -0.3 is 14.8 Å². The van der Waals surface area contributed by atoms with Gasteiger partial charge in [0.2, 0.25) is 0 Å². The molecule has 1 N–H and O–H groups in total. The number of nitrogens with one attached hydrogen (secondary N) is 1. The molecule has 0 bridgehead atoms. The number of rotatable bonds is 12. The number of methoxy groups -OCH3 is 1. The molecule has 0 aliphatic carbocycles. The van der Waals surface area contributed by atoms with E-state index >= 15 is 0 Å². The Bertz CT molecular complexity index is 97.8. The molecule has 0 aromatic carbocycles. The molecule has 0 rings (SSSR count). The van der Waals surface area contributed by atoms with Gasteiger partial charge in [0, 0.05) is 26.9 Å². The molecule has 92 valence electrons. The molecule has 0 aliphatic rings. The van der Waals surface area contributed by atoms with Crippen LogP contribution in [0, 0.1) is 0 Å². The van der Waals surface area contributed by atoms with E-state index in [4.69, 9.17) is 9.47 Å². The molecule has 0 aromatic heterocycles. The van der Waals surface area contributed by atoms with Crippen LogP contribution in [0.2, 0.25) is 0 Å². The standard InChI is InChI=1S/C12H27NO2/c1-3-4-11-15-12-9-13-8-6-5-7-10-14-2/h13H,3-12H2,1-2H3. The summed E-state index contributed by atoms with van der Waals surface area (Å²) < 4.78 is 10.4. The summed E-state index contributed by atoms with van der Waals surface area (Å²) in [7, 11) is 1.76. The van der Waals surface area contributed by atoms with Crippen LogP contribution in [0.4, 0.5) is 0 Å². The lowest BCUT2D eigenvalue weighted by molar-refractivity contribution is 0.133. The largest absolute Gasteiger partial charge is 0.385 e. The Balaban J connectivity index is 2.81. The molecule has 0 spiro atoms. The quantitative estimate of drug-likeness (QED) is 0.508. The first-order valence-corrected chi connectivity index (χ1v) is 6.19. The van der Waals surface area contributed by atoms with Gasteiger partial charge in [-0.05, 0) is 32.2 Å². The maximum absolute atomic E-state index is 5.44. The zero-order valence-corrected chi connectivity index (χ0v) is 10.4. The number of unbranched alkanes of at least 4 members (excludes halogenated alkanes) is 3. The van der Waals surface area contributed by atoms with Gasteiger partial charge in [0.1, 0.15) is 0 Å². The van der Waals surface area contributed by atoms with E-state index in [1.165, 1.54) is 32.1 Å². The van der Waals surface area contributed by atoms with Crippen molar-refractivity contribution in [2.45, 2.75) is 39.0 Å². The summed E-state index contributed by atoms with van der Waals surface area (Å²) >= 11 is 0. The molecule has 0 amide bonds. The summed E-state index contributed by atoms with van der Waals surface area (Å²) in [4.78, 5) is 0. The smallest absolute Gasteiger partial charge is 0.0590 e. The van der Waals surface area contributed by atoms with E-state index in [1.807, 2.05) is 0 Å². The molecule has 0 heterocycles. The molecule has 0 fully saturated rings. The third-order valence-electron chi connectivity index (χ3n) is 2.27. The first kappa shape index (κ1) is 14.9. The number of hydrogen-bond acceptors (Lipinski definition) is 3. The Kier molecular flexibility index (Phi) is 13.8. The topological polar surface area (TPSA) is 30.5 Å². The molecule has 3 nitrogen and oxygen atoms in total. The average Bonchev–Trinajstić information content (AvgIpc) is 2.26. The highest BCUT2D eigenvalue weighted by Gasteiger charge is 1.90. The fourth-order valence-electron chi connectivity index (χ4n) is 1.29. The van der Waals surface area contributed by atoms with E-state index in [0.29, 0.717) is 0 Å². The van der Waals surface area contributed by atoms with Crippen molar-refractivity contribution >= 4 is 0 Å². The van der Waals surface area contributed by atoms with Crippen molar-refractivity contribution in [3.8, 4) is 0 Å². The van der Waals surface area contributed by atoms with Crippen LogP contribution in [0.1, 0.15) is 39.0 Å². The maximum Gasteiger partial charge on any atom is 0.0590 e. The van der Waals surface area contributed by atoms with Crippen LogP contribution < -0.4 is 5.32 Å². The van der Waals surface area contributed by atoms with Gasteiger partial charge in [0.05, 0.1) is 6.61 Å². The Morgan fingerprint density at radius 2 is 1.73 bits per heavy atom. The third kappa shape index (κ3) is 13.9.